The monoisotopic (exact) mass is 260 g/mol. The molecule has 1 heterocycles. The molecule has 2 N–H and O–H groups in total. The van der Waals surface area contributed by atoms with Crippen LogP contribution >= 0.6 is 0 Å². The molecule has 0 fully saturated rings. The van der Waals surface area contributed by atoms with Gasteiger partial charge in [-0.3, -0.25) is 4.79 Å². The molecule has 0 saturated carbocycles. The van der Waals surface area contributed by atoms with Crippen LogP contribution in [0.5, 0.6) is 0 Å². The fourth-order valence-corrected chi connectivity index (χ4v) is 2.81. The lowest BCUT2D eigenvalue weighted by atomic mass is 9.54. The molecule has 102 valence electrons. The normalized spacial score (nSPS) is 15.5. The SMILES string of the molecule is CC(C)(C(=O)O)C(C)(C)c1cccc2c1B(O)CC2. The van der Waals surface area contributed by atoms with Gasteiger partial charge in [0.05, 0.1) is 5.41 Å². The Kier molecular flexibility index (Phi) is 3.25. The Balaban J connectivity index is 2.60. The summed E-state index contributed by atoms with van der Waals surface area (Å²) in [6, 6.07) is 5.95. The Bertz CT molecular complexity index is 520. The lowest BCUT2D eigenvalue weighted by molar-refractivity contribution is -0.150. The van der Waals surface area contributed by atoms with Crippen molar-refractivity contribution in [3.05, 3.63) is 29.3 Å². The van der Waals surface area contributed by atoms with Crippen molar-refractivity contribution in [3.8, 4) is 0 Å². The van der Waals surface area contributed by atoms with Crippen LogP contribution in [0.3, 0.4) is 0 Å². The van der Waals surface area contributed by atoms with Crippen LogP contribution in [0.2, 0.25) is 6.32 Å². The van der Waals surface area contributed by atoms with Gasteiger partial charge >= 0.3 is 12.9 Å². The number of hydrogen-bond donors (Lipinski definition) is 2. The van der Waals surface area contributed by atoms with Crippen molar-refractivity contribution < 1.29 is 14.9 Å². The van der Waals surface area contributed by atoms with E-state index in [2.05, 4.69) is 0 Å². The molecule has 0 aliphatic carbocycles. The Morgan fingerprint density at radius 3 is 2.47 bits per heavy atom. The minimum absolute atomic E-state index is 0.463. The summed E-state index contributed by atoms with van der Waals surface area (Å²) in [6.45, 7) is 6.92. The van der Waals surface area contributed by atoms with Crippen molar-refractivity contribution >= 4 is 18.3 Å². The predicted molar refractivity (Wildman–Crippen MR) is 77.0 cm³/mol. The maximum atomic E-state index is 11.6. The van der Waals surface area contributed by atoms with Crippen LogP contribution in [0.25, 0.3) is 0 Å². The van der Waals surface area contributed by atoms with Crippen molar-refractivity contribution in [2.45, 2.75) is 45.9 Å². The minimum Gasteiger partial charge on any atom is -0.481 e. The lowest BCUT2D eigenvalue weighted by Gasteiger charge is -2.40. The van der Waals surface area contributed by atoms with Crippen molar-refractivity contribution in [2.75, 3.05) is 0 Å². The number of benzene rings is 1. The number of hydrogen-bond acceptors (Lipinski definition) is 2. The number of carbonyl (C=O) groups is 1. The molecule has 0 amide bonds. The predicted octanol–water partition coefficient (Wildman–Crippen LogP) is 1.82. The molecule has 0 saturated heterocycles. The zero-order chi connectivity index (χ0) is 14.4. The van der Waals surface area contributed by atoms with E-state index in [1.165, 1.54) is 0 Å². The van der Waals surface area contributed by atoms with Gasteiger partial charge < -0.3 is 10.1 Å². The molecular weight excluding hydrogens is 239 g/mol. The van der Waals surface area contributed by atoms with Crippen molar-refractivity contribution in [1.29, 1.82) is 0 Å². The Morgan fingerprint density at radius 2 is 1.89 bits per heavy atom. The molecule has 2 rings (SSSR count). The smallest absolute Gasteiger partial charge is 0.324 e. The van der Waals surface area contributed by atoms with E-state index in [0.717, 1.165) is 29.3 Å². The van der Waals surface area contributed by atoms with E-state index in [-0.39, 0.29) is 0 Å². The highest BCUT2D eigenvalue weighted by Gasteiger charge is 2.47. The second-order valence-electron chi connectivity index (χ2n) is 6.49. The van der Waals surface area contributed by atoms with Gasteiger partial charge in [0.25, 0.3) is 0 Å². The van der Waals surface area contributed by atoms with Gasteiger partial charge in [-0.25, -0.2) is 0 Å². The van der Waals surface area contributed by atoms with Gasteiger partial charge in [0.2, 0.25) is 0 Å². The first-order valence-corrected chi connectivity index (χ1v) is 6.73. The molecule has 0 unspecified atom stereocenters. The van der Waals surface area contributed by atoms with E-state index < -0.39 is 23.7 Å². The summed E-state index contributed by atoms with van der Waals surface area (Å²) in [6.07, 6.45) is 1.60. The molecule has 4 heteroatoms. The number of aliphatic carboxylic acids is 1. The molecule has 3 nitrogen and oxygen atoms in total. The summed E-state index contributed by atoms with van der Waals surface area (Å²) in [5.41, 5.74) is 1.61. The zero-order valence-electron chi connectivity index (χ0n) is 12.0. The molecule has 0 atom stereocenters. The Morgan fingerprint density at radius 1 is 1.26 bits per heavy atom. The first kappa shape index (κ1) is 14.1. The quantitative estimate of drug-likeness (QED) is 0.815. The molecule has 1 aromatic carbocycles. The lowest BCUT2D eigenvalue weighted by Crippen LogP contribution is -2.47. The Hall–Kier alpha value is -1.29. The van der Waals surface area contributed by atoms with Gasteiger partial charge in [0, 0.05) is 5.41 Å². The number of aryl methyl sites for hydroxylation is 1. The number of rotatable bonds is 3. The highest BCUT2D eigenvalue weighted by molar-refractivity contribution is 6.68. The van der Waals surface area contributed by atoms with Crippen LogP contribution in [0.15, 0.2) is 18.2 Å². The second-order valence-corrected chi connectivity index (χ2v) is 6.49. The van der Waals surface area contributed by atoms with Gasteiger partial charge in [-0.1, -0.05) is 37.6 Å². The minimum atomic E-state index is -0.898. The van der Waals surface area contributed by atoms with Crippen molar-refractivity contribution in [2.24, 2.45) is 5.41 Å². The summed E-state index contributed by atoms with van der Waals surface area (Å²) in [5.74, 6) is -0.817. The van der Waals surface area contributed by atoms with Crippen LogP contribution in [0.4, 0.5) is 0 Å². The number of carboxylic acid groups (broad SMARTS) is 1. The van der Waals surface area contributed by atoms with Gasteiger partial charge in [-0.2, -0.15) is 0 Å². The third-order valence-electron chi connectivity index (χ3n) is 4.99. The summed E-state index contributed by atoms with van der Waals surface area (Å²) in [5, 5.41) is 19.7. The fourth-order valence-electron chi connectivity index (χ4n) is 2.81. The first-order valence-electron chi connectivity index (χ1n) is 6.73. The molecular formula is C15H21BO3. The van der Waals surface area contributed by atoms with E-state index >= 15 is 0 Å². The molecule has 0 aromatic heterocycles. The maximum Gasteiger partial charge on any atom is 0.324 e. The third-order valence-corrected chi connectivity index (χ3v) is 4.99. The standard InChI is InChI=1S/C15H21BO3/c1-14(2,15(3,4)13(17)18)11-7-5-6-10-8-9-16(19)12(10)11/h5-7,19H,8-9H2,1-4H3,(H,17,18). The molecule has 0 bridgehead atoms. The first-order chi connectivity index (χ1) is 8.69. The van der Waals surface area contributed by atoms with Crippen LogP contribution in [0, 0.1) is 5.41 Å². The van der Waals surface area contributed by atoms with Crippen LogP contribution in [0.1, 0.15) is 38.8 Å². The van der Waals surface area contributed by atoms with Crippen LogP contribution < -0.4 is 5.46 Å². The van der Waals surface area contributed by atoms with E-state index in [1.54, 1.807) is 13.8 Å². The van der Waals surface area contributed by atoms with Gasteiger partial charge in [-0.05, 0) is 37.6 Å². The van der Waals surface area contributed by atoms with Gasteiger partial charge in [0.15, 0.2) is 0 Å². The summed E-state index contributed by atoms with van der Waals surface area (Å²) >= 11 is 0. The topological polar surface area (TPSA) is 57.5 Å². The molecule has 1 aliphatic heterocycles. The van der Waals surface area contributed by atoms with Gasteiger partial charge in [-0.15, -0.1) is 0 Å². The van der Waals surface area contributed by atoms with E-state index in [1.807, 2.05) is 32.0 Å². The molecule has 1 aromatic rings. The van der Waals surface area contributed by atoms with Gasteiger partial charge in [0.1, 0.15) is 0 Å². The molecule has 0 radical (unpaired) electrons. The highest BCUT2D eigenvalue weighted by atomic mass is 16.4. The number of fused-ring (bicyclic) bond motifs is 1. The maximum absolute atomic E-state index is 11.6. The molecule has 1 aliphatic rings. The van der Waals surface area contributed by atoms with Crippen LogP contribution in [-0.4, -0.2) is 23.0 Å². The third kappa shape index (κ3) is 1.98. The van der Waals surface area contributed by atoms with Crippen molar-refractivity contribution in [3.63, 3.8) is 0 Å². The zero-order valence-corrected chi connectivity index (χ0v) is 12.0. The second kappa shape index (κ2) is 4.38. The average molecular weight is 260 g/mol. The summed E-state index contributed by atoms with van der Waals surface area (Å²) in [4.78, 5) is 11.6. The van der Waals surface area contributed by atoms with E-state index in [4.69, 9.17) is 0 Å². The van der Waals surface area contributed by atoms with Crippen molar-refractivity contribution in [1.82, 2.24) is 0 Å². The molecule has 0 spiro atoms. The fraction of sp³-hybridized carbons (Fsp3) is 0.533. The van der Waals surface area contributed by atoms with E-state index in [0.29, 0.717) is 0 Å². The van der Waals surface area contributed by atoms with E-state index in [9.17, 15) is 14.9 Å². The average Bonchev–Trinajstić information content (AvgIpc) is 2.70. The summed E-state index contributed by atoms with van der Waals surface area (Å²) < 4.78 is 0. The number of carboxylic acids is 1. The Labute approximate surface area is 114 Å². The summed E-state index contributed by atoms with van der Waals surface area (Å²) in [7, 11) is 0. The molecule has 19 heavy (non-hydrogen) atoms. The highest BCUT2D eigenvalue weighted by Crippen LogP contribution is 2.41. The van der Waals surface area contributed by atoms with Crippen LogP contribution in [-0.2, 0) is 16.6 Å². The largest absolute Gasteiger partial charge is 0.481 e.